The summed E-state index contributed by atoms with van der Waals surface area (Å²) < 4.78 is 15.5. The zero-order valence-corrected chi connectivity index (χ0v) is 16.3. The number of benzene rings is 1. The van der Waals surface area contributed by atoms with Crippen molar-refractivity contribution < 1.29 is 14.3 Å². The Morgan fingerprint density at radius 2 is 2.00 bits per heavy atom. The summed E-state index contributed by atoms with van der Waals surface area (Å²) in [5, 5.41) is 13.7. The zero-order valence-electron chi connectivity index (χ0n) is 16.3. The summed E-state index contributed by atoms with van der Waals surface area (Å²) in [6.07, 6.45) is 2.87. The number of pyridine rings is 2. The molecule has 150 valence electrons. The van der Waals surface area contributed by atoms with Crippen molar-refractivity contribution in [1.29, 1.82) is 0 Å². The molecule has 1 amide bonds. The van der Waals surface area contributed by atoms with Crippen molar-refractivity contribution in [3.05, 3.63) is 71.2 Å². The summed E-state index contributed by atoms with van der Waals surface area (Å²) in [4.78, 5) is 21.5. The number of nitrogens with one attached hydrogen (secondary N) is 1. The molecule has 0 saturated heterocycles. The van der Waals surface area contributed by atoms with E-state index in [0.717, 1.165) is 25.0 Å². The van der Waals surface area contributed by atoms with Gasteiger partial charge in [0.1, 0.15) is 5.69 Å². The van der Waals surface area contributed by atoms with Crippen LogP contribution in [0.3, 0.4) is 0 Å². The van der Waals surface area contributed by atoms with Crippen LogP contribution in [0.4, 0.5) is 4.39 Å². The molecule has 1 aliphatic carbocycles. The Kier molecular flexibility index (Phi) is 5.53. The summed E-state index contributed by atoms with van der Waals surface area (Å²) in [5.41, 5.74) is 2.34. The molecule has 5 nitrogen and oxygen atoms in total. The van der Waals surface area contributed by atoms with Gasteiger partial charge in [0.2, 0.25) is 0 Å². The number of nitrogens with zero attached hydrogens (tertiary/aromatic N) is 2. The molecule has 0 spiro atoms. The molecule has 1 fully saturated rings. The summed E-state index contributed by atoms with van der Waals surface area (Å²) >= 11 is 0. The first-order valence-corrected chi connectivity index (χ1v) is 9.98. The predicted molar refractivity (Wildman–Crippen MR) is 109 cm³/mol. The maximum absolute atomic E-state index is 15.5. The lowest BCUT2D eigenvalue weighted by Gasteiger charge is -2.28. The van der Waals surface area contributed by atoms with Crippen LogP contribution in [-0.4, -0.2) is 33.1 Å². The van der Waals surface area contributed by atoms with Crippen molar-refractivity contribution in [3.8, 4) is 0 Å². The molecule has 29 heavy (non-hydrogen) atoms. The molecule has 1 aromatic carbocycles. The molecule has 1 unspecified atom stereocenters. The molecule has 0 bridgehead atoms. The highest BCUT2D eigenvalue weighted by Gasteiger charge is 2.26. The van der Waals surface area contributed by atoms with Crippen LogP contribution < -0.4 is 5.32 Å². The van der Waals surface area contributed by atoms with Gasteiger partial charge in [0.05, 0.1) is 17.7 Å². The molecule has 3 aromatic rings. The highest BCUT2D eigenvalue weighted by molar-refractivity contribution is 5.96. The molecule has 2 N–H and O–H groups in total. The molecule has 4 rings (SSSR count). The minimum atomic E-state index is -1.43. The first-order valence-electron chi connectivity index (χ1n) is 9.98. The topological polar surface area (TPSA) is 75.1 Å². The molecule has 3 atom stereocenters. The first kappa shape index (κ1) is 19.5. The average Bonchev–Trinajstić information content (AvgIpc) is 2.74. The van der Waals surface area contributed by atoms with Gasteiger partial charge in [-0.3, -0.25) is 9.78 Å². The monoisotopic (exact) mass is 393 g/mol. The molecule has 6 heteroatoms. The van der Waals surface area contributed by atoms with Crippen LogP contribution in [0.2, 0.25) is 0 Å². The van der Waals surface area contributed by atoms with Crippen LogP contribution in [0.15, 0.2) is 48.7 Å². The number of aliphatic hydroxyl groups excluding tert-OH is 1. The third-order valence-corrected chi connectivity index (χ3v) is 5.53. The fourth-order valence-corrected chi connectivity index (χ4v) is 3.86. The van der Waals surface area contributed by atoms with E-state index < -0.39 is 18.2 Å². The summed E-state index contributed by atoms with van der Waals surface area (Å²) in [6.45, 7) is 1.85. The van der Waals surface area contributed by atoms with Gasteiger partial charge in [-0.2, -0.15) is 0 Å². The van der Waals surface area contributed by atoms with Crippen LogP contribution in [0.25, 0.3) is 10.9 Å². The third-order valence-electron chi connectivity index (χ3n) is 5.53. The predicted octanol–water partition coefficient (Wildman–Crippen LogP) is 4.03. The highest BCUT2D eigenvalue weighted by Crippen LogP contribution is 2.32. The minimum Gasteiger partial charge on any atom is -0.391 e. The number of amides is 1. The van der Waals surface area contributed by atoms with E-state index >= 15 is 4.39 Å². The number of fused-ring (bicyclic) bond motifs is 1. The Bertz CT molecular complexity index is 1020. The Labute approximate surface area is 169 Å². The number of carbonyl (C=O) groups excluding carboxylic acids is 1. The van der Waals surface area contributed by atoms with Crippen LogP contribution in [-0.2, 0) is 0 Å². The van der Waals surface area contributed by atoms with E-state index in [1.807, 2.05) is 19.1 Å². The van der Waals surface area contributed by atoms with E-state index in [9.17, 15) is 9.90 Å². The Balaban J connectivity index is 1.70. The van der Waals surface area contributed by atoms with Gasteiger partial charge in [-0.1, -0.05) is 37.1 Å². The highest BCUT2D eigenvalue weighted by atomic mass is 19.1. The van der Waals surface area contributed by atoms with E-state index in [1.54, 1.807) is 24.3 Å². The van der Waals surface area contributed by atoms with Crippen LogP contribution in [0.1, 0.15) is 59.2 Å². The van der Waals surface area contributed by atoms with Gasteiger partial charge in [-0.25, -0.2) is 9.37 Å². The Hall–Kier alpha value is -2.86. The first-order chi connectivity index (χ1) is 14.0. The quantitative estimate of drug-likeness (QED) is 0.702. The van der Waals surface area contributed by atoms with Gasteiger partial charge in [0.25, 0.3) is 5.91 Å². The van der Waals surface area contributed by atoms with Crippen LogP contribution >= 0.6 is 0 Å². The summed E-state index contributed by atoms with van der Waals surface area (Å²) in [6, 6.07) is 11.9. The third kappa shape index (κ3) is 4.12. The lowest BCUT2D eigenvalue weighted by atomic mass is 9.92. The number of halogens is 1. The number of aromatic nitrogens is 2. The smallest absolute Gasteiger partial charge is 0.270 e. The van der Waals surface area contributed by atoms with Crippen molar-refractivity contribution in [1.82, 2.24) is 15.3 Å². The van der Waals surface area contributed by atoms with Gasteiger partial charge >= 0.3 is 0 Å². The lowest BCUT2D eigenvalue weighted by Crippen LogP contribution is -2.45. The average molecular weight is 393 g/mol. The van der Waals surface area contributed by atoms with Crippen LogP contribution in [0.5, 0.6) is 0 Å². The number of hydrogen-bond acceptors (Lipinski definition) is 4. The van der Waals surface area contributed by atoms with Gasteiger partial charge in [0, 0.05) is 28.4 Å². The number of hydrogen-bond donors (Lipinski definition) is 2. The number of aryl methyl sites for hydroxylation is 1. The van der Waals surface area contributed by atoms with Crippen molar-refractivity contribution in [2.45, 2.75) is 50.9 Å². The normalized spacial score (nSPS) is 20.4. The van der Waals surface area contributed by atoms with Gasteiger partial charge in [-0.05, 0) is 38.0 Å². The lowest BCUT2D eigenvalue weighted by molar-refractivity contribution is 0.0714. The maximum atomic E-state index is 15.5. The SMILES string of the molecule is Cc1ccc(C(F)c2cc(C(=O)N[C@H]3CCCC[C@@H]3O)nc3ccccc23)cn1. The fourth-order valence-electron chi connectivity index (χ4n) is 3.86. The number of alkyl halides is 1. The molecule has 2 heterocycles. The second-order valence-electron chi connectivity index (χ2n) is 7.64. The van der Waals surface area contributed by atoms with Gasteiger partial charge < -0.3 is 10.4 Å². The van der Waals surface area contributed by atoms with Gasteiger partial charge in [0.15, 0.2) is 6.17 Å². The number of carbonyl (C=O) groups is 1. The van der Waals surface area contributed by atoms with Crippen LogP contribution in [0, 0.1) is 6.92 Å². The van der Waals surface area contributed by atoms with Gasteiger partial charge in [-0.15, -0.1) is 0 Å². The molecule has 0 aliphatic heterocycles. The van der Waals surface area contributed by atoms with E-state index in [0.29, 0.717) is 28.5 Å². The zero-order chi connectivity index (χ0) is 20.4. The molecule has 2 aromatic heterocycles. The maximum Gasteiger partial charge on any atom is 0.270 e. The molecular formula is C23H24FN3O2. The minimum absolute atomic E-state index is 0.152. The summed E-state index contributed by atoms with van der Waals surface area (Å²) in [5.74, 6) is -0.391. The van der Waals surface area contributed by atoms with Crippen molar-refractivity contribution in [2.24, 2.45) is 0 Å². The number of para-hydroxylation sites is 1. The van der Waals surface area contributed by atoms with E-state index in [-0.39, 0.29) is 11.7 Å². The number of aliphatic hydroxyl groups is 1. The van der Waals surface area contributed by atoms with Crippen molar-refractivity contribution in [3.63, 3.8) is 0 Å². The number of rotatable bonds is 4. The molecular weight excluding hydrogens is 369 g/mol. The van der Waals surface area contributed by atoms with Crippen molar-refractivity contribution >= 4 is 16.8 Å². The molecule has 0 radical (unpaired) electrons. The second-order valence-corrected chi connectivity index (χ2v) is 7.64. The summed E-state index contributed by atoms with van der Waals surface area (Å²) in [7, 11) is 0. The van der Waals surface area contributed by atoms with E-state index in [4.69, 9.17) is 0 Å². The fraction of sp³-hybridized carbons (Fsp3) is 0.348. The largest absolute Gasteiger partial charge is 0.391 e. The van der Waals surface area contributed by atoms with E-state index in [1.165, 1.54) is 12.3 Å². The molecule has 1 aliphatic rings. The Morgan fingerprint density at radius 3 is 2.76 bits per heavy atom. The second kappa shape index (κ2) is 8.25. The van der Waals surface area contributed by atoms with Crippen molar-refractivity contribution in [2.75, 3.05) is 0 Å². The molecule has 1 saturated carbocycles. The van der Waals surface area contributed by atoms with E-state index in [2.05, 4.69) is 15.3 Å². The standard InChI is InChI=1S/C23H24FN3O2/c1-14-10-11-15(13-25-14)22(24)17-12-20(26-18-7-3-2-6-16(17)18)23(29)27-19-8-4-5-9-21(19)28/h2-3,6-7,10-13,19,21-22,28H,4-5,8-9H2,1H3,(H,27,29)/t19-,21-,22?/m0/s1. The Morgan fingerprint density at radius 1 is 1.21 bits per heavy atom.